The van der Waals surface area contributed by atoms with Crippen molar-refractivity contribution >= 4 is 5.96 Å². The van der Waals surface area contributed by atoms with Crippen LogP contribution in [0.3, 0.4) is 0 Å². The van der Waals surface area contributed by atoms with Gasteiger partial charge < -0.3 is 15.4 Å². The molecule has 0 fully saturated rings. The molecule has 118 valence electrons. The molecule has 0 heterocycles. The van der Waals surface area contributed by atoms with Crippen molar-refractivity contribution in [3.63, 3.8) is 0 Å². The molecule has 0 saturated heterocycles. The second-order valence-electron chi connectivity index (χ2n) is 5.60. The van der Waals surface area contributed by atoms with Crippen LogP contribution in [-0.4, -0.2) is 31.8 Å². The van der Waals surface area contributed by atoms with E-state index >= 15 is 0 Å². The van der Waals surface area contributed by atoms with Crippen molar-refractivity contribution in [1.29, 1.82) is 0 Å². The third-order valence-electron chi connectivity index (χ3n) is 3.23. The van der Waals surface area contributed by atoms with Crippen molar-refractivity contribution in [1.82, 2.24) is 10.6 Å². The molecule has 0 unspecified atom stereocenters. The number of aliphatic imine (C=N–C) groups is 1. The Bertz CT molecular complexity index is 486. The summed E-state index contributed by atoms with van der Waals surface area (Å²) in [5, 5.41) is 6.39. The zero-order chi connectivity index (χ0) is 15.9. The molecule has 0 amide bonds. The van der Waals surface area contributed by atoms with Gasteiger partial charge in [-0.25, -0.2) is 9.38 Å². The van der Waals surface area contributed by atoms with Gasteiger partial charge >= 0.3 is 0 Å². The van der Waals surface area contributed by atoms with Gasteiger partial charge in [0.05, 0.1) is 12.1 Å². The molecule has 2 N–H and O–H groups in total. The lowest BCUT2D eigenvalue weighted by atomic mass is 10.1. The average molecular weight is 295 g/mol. The SMILES string of the molecule is CCNC(=NCc1ccc(C)c(F)c1)NCC(C)(C)OC. The summed E-state index contributed by atoms with van der Waals surface area (Å²) in [5.41, 5.74) is 1.22. The number of guanidine groups is 1. The van der Waals surface area contributed by atoms with E-state index in [1.807, 2.05) is 26.8 Å². The van der Waals surface area contributed by atoms with Crippen LogP contribution in [0.15, 0.2) is 23.2 Å². The maximum Gasteiger partial charge on any atom is 0.191 e. The van der Waals surface area contributed by atoms with Gasteiger partial charge in [-0.15, -0.1) is 0 Å². The molecule has 0 radical (unpaired) electrons. The second kappa shape index (κ2) is 7.98. The van der Waals surface area contributed by atoms with Crippen LogP contribution in [0, 0.1) is 12.7 Å². The molecule has 0 saturated carbocycles. The normalized spacial score (nSPS) is 12.4. The summed E-state index contributed by atoms with van der Waals surface area (Å²) < 4.78 is 18.9. The predicted octanol–water partition coefficient (Wildman–Crippen LogP) is 2.61. The fourth-order valence-corrected chi connectivity index (χ4v) is 1.62. The molecule has 0 spiro atoms. The van der Waals surface area contributed by atoms with Gasteiger partial charge in [-0.3, -0.25) is 0 Å². The predicted molar refractivity (Wildman–Crippen MR) is 85.0 cm³/mol. The Kier molecular flexibility index (Phi) is 6.62. The largest absolute Gasteiger partial charge is 0.377 e. The van der Waals surface area contributed by atoms with Crippen LogP contribution in [0.25, 0.3) is 0 Å². The Labute approximate surface area is 126 Å². The van der Waals surface area contributed by atoms with E-state index in [-0.39, 0.29) is 11.4 Å². The summed E-state index contributed by atoms with van der Waals surface area (Å²) >= 11 is 0. The van der Waals surface area contributed by atoms with Gasteiger partial charge in [0, 0.05) is 20.2 Å². The maximum absolute atomic E-state index is 13.5. The minimum Gasteiger partial charge on any atom is -0.377 e. The summed E-state index contributed by atoms with van der Waals surface area (Å²) in [6.45, 7) is 9.59. The molecule has 1 aromatic carbocycles. The van der Waals surface area contributed by atoms with Crippen molar-refractivity contribution in [2.24, 2.45) is 4.99 Å². The van der Waals surface area contributed by atoms with E-state index < -0.39 is 0 Å². The highest BCUT2D eigenvalue weighted by Crippen LogP contribution is 2.10. The molecule has 0 aromatic heterocycles. The van der Waals surface area contributed by atoms with Crippen LogP contribution in [0.1, 0.15) is 31.9 Å². The van der Waals surface area contributed by atoms with E-state index in [9.17, 15) is 4.39 Å². The molecule has 1 rings (SSSR count). The fourth-order valence-electron chi connectivity index (χ4n) is 1.62. The average Bonchev–Trinajstić information content (AvgIpc) is 2.45. The molecule has 1 aromatic rings. The number of nitrogens with zero attached hydrogens (tertiary/aromatic N) is 1. The van der Waals surface area contributed by atoms with E-state index in [4.69, 9.17) is 4.74 Å². The van der Waals surface area contributed by atoms with Gasteiger partial charge in [-0.2, -0.15) is 0 Å². The first-order chi connectivity index (χ1) is 9.88. The fraction of sp³-hybridized carbons (Fsp3) is 0.562. The number of benzene rings is 1. The molecule has 0 bridgehead atoms. The Morgan fingerprint density at radius 3 is 2.62 bits per heavy atom. The number of hydrogen-bond acceptors (Lipinski definition) is 2. The zero-order valence-electron chi connectivity index (χ0n) is 13.6. The summed E-state index contributed by atoms with van der Waals surface area (Å²) in [4.78, 5) is 4.46. The summed E-state index contributed by atoms with van der Waals surface area (Å²) in [7, 11) is 1.68. The van der Waals surface area contributed by atoms with Gasteiger partial charge in [0.2, 0.25) is 0 Å². The lowest BCUT2D eigenvalue weighted by molar-refractivity contribution is 0.0268. The van der Waals surface area contributed by atoms with Crippen LogP contribution in [-0.2, 0) is 11.3 Å². The minimum atomic E-state index is -0.272. The molecule has 0 aliphatic carbocycles. The van der Waals surface area contributed by atoms with Gasteiger partial charge in [0.15, 0.2) is 5.96 Å². The quantitative estimate of drug-likeness (QED) is 0.626. The first-order valence-electron chi connectivity index (χ1n) is 7.20. The van der Waals surface area contributed by atoms with Gasteiger partial charge in [-0.1, -0.05) is 12.1 Å². The first kappa shape index (κ1) is 17.4. The Morgan fingerprint density at radius 2 is 2.05 bits per heavy atom. The van der Waals surface area contributed by atoms with E-state index in [2.05, 4.69) is 15.6 Å². The van der Waals surface area contributed by atoms with Gasteiger partial charge in [0.25, 0.3) is 0 Å². The van der Waals surface area contributed by atoms with Crippen molar-refractivity contribution in [2.45, 2.75) is 39.8 Å². The van der Waals surface area contributed by atoms with Crippen LogP contribution >= 0.6 is 0 Å². The highest BCUT2D eigenvalue weighted by atomic mass is 19.1. The Hall–Kier alpha value is -1.62. The highest BCUT2D eigenvalue weighted by Gasteiger charge is 2.16. The topological polar surface area (TPSA) is 45.7 Å². The molecular formula is C16H26FN3O. The highest BCUT2D eigenvalue weighted by molar-refractivity contribution is 5.79. The smallest absolute Gasteiger partial charge is 0.191 e. The van der Waals surface area contributed by atoms with Gasteiger partial charge in [0.1, 0.15) is 5.82 Å². The second-order valence-corrected chi connectivity index (χ2v) is 5.60. The number of ether oxygens (including phenoxy) is 1. The summed E-state index contributed by atoms with van der Waals surface area (Å²) in [6, 6.07) is 5.20. The third-order valence-corrected chi connectivity index (χ3v) is 3.23. The number of hydrogen-bond donors (Lipinski definition) is 2. The van der Waals surface area contributed by atoms with Gasteiger partial charge in [-0.05, 0) is 44.9 Å². The maximum atomic E-state index is 13.5. The standard InChI is InChI=1S/C16H26FN3O/c1-6-18-15(20-11-16(3,4)21-5)19-10-13-8-7-12(2)14(17)9-13/h7-9H,6,10-11H2,1-5H3,(H2,18,19,20). The Morgan fingerprint density at radius 1 is 1.33 bits per heavy atom. The lowest BCUT2D eigenvalue weighted by Crippen LogP contribution is -2.45. The van der Waals surface area contributed by atoms with Crippen molar-refractivity contribution in [2.75, 3.05) is 20.2 Å². The van der Waals surface area contributed by atoms with E-state index in [1.165, 1.54) is 6.07 Å². The monoisotopic (exact) mass is 295 g/mol. The number of methoxy groups -OCH3 is 1. The number of rotatable bonds is 6. The summed E-state index contributed by atoms with van der Waals surface area (Å²) in [5.74, 6) is 0.504. The van der Waals surface area contributed by atoms with Crippen molar-refractivity contribution in [3.8, 4) is 0 Å². The number of nitrogens with one attached hydrogen (secondary N) is 2. The molecule has 0 aliphatic rings. The number of halogens is 1. The Balaban J connectivity index is 2.68. The van der Waals surface area contributed by atoms with Crippen LogP contribution in [0.5, 0.6) is 0 Å². The minimum absolute atomic E-state index is 0.193. The third kappa shape index (κ3) is 6.12. The molecule has 0 aliphatic heterocycles. The number of aryl methyl sites for hydroxylation is 1. The van der Waals surface area contributed by atoms with E-state index in [0.717, 1.165) is 12.1 Å². The van der Waals surface area contributed by atoms with Crippen molar-refractivity contribution < 1.29 is 9.13 Å². The lowest BCUT2D eigenvalue weighted by Gasteiger charge is -2.24. The van der Waals surface area contributed by atoms with Crippen molar-refractivity contribution in [3.05, 3.63) is 35.1 Å². The van der Waals surface area contributed by atoms with Crippen LogP contribution in [0.4, 0.5) is 4.39 Å². The van der Waals surface area contributed by atoms with E-state index in [1.54, 1.807) is 20.1 Å². The zero-order valence-corrected chi connectivity index (χ0v) is 13.6. The molecular weight excluding hydrogens is 269 g/mol. The van der Waals surface area contributed by atoms with E-state index in [0.29, 0.717) is 24.6 Å². The molecule has 4 nitrogen and oxygen atoms in total. The van der Waals surface area contributed by atoms with Crippen LogP contribution in [0.2, 0.25) is 0 Å². The molecule has 5 heteroatoms. The summed E-state index contributed by atoms with van der Waals surface area (Å²) in [6.07, 6.45) is 0. The molecule has 21 heavy (non-hydrogen) atoms. The first-order valence-corrected chi connectivity index (χ1v) is 7.20. The van der Waals surface area contributed by atoms with Crippen LogP contribution < -0.4 is 10.6 Å². The molecule has 0 atom stereocenters.